The number of oxime groups is 1. The van der Waals surface area contributed by atoms with Crippen LogP contribution in [0.3, 0.4) is 0 Å². The van der Waals surface area contributed by atoms with Crippen LogP contribution in [0.25, 0.3) is 0 Å². The number of nitrogens with zero attached hydrogens (tertiary/aromatic N) is 2. The fraction of sp³-hybridized carbons (Fsp3) is 0.701. The largest absolute Gasteiger partial charge is 0.459 e. The van der Waals surface area contributed by atoms with Crippen molar-refractivity contribution in [1.29, 1.82) is 0 Å². The molecule has 0 aromatic carbocycles. The molecule has 10 aliphatic carbocycles. The van der Waals surface area contributed by atoms with E-state index < -0.39 is 54.8 Å². The number of fused-ring (bicyclic) bond motifs is 5. The van der Waals surface area contributed by atoms with Crippen molar-refractivity contribution in [3.8, 4) is 0 Å². The van der Waals surface area contributed by atoms with Gasteiger partial charge in [-0.3, -0.25) is 9.78 Å². The van der Waals surface area contributed by atoms with Gasteiger partial charge in [-0.05, 0) is 301 Å². The summed E-state index contributed by atoms with van der Waals surface area (Å²) < 4.78 is 63.7. The quantitative estimate of drug-likeness (QED) is 0.0121. The topological polar surface area (TPSA) is 390 Å². The first kappa shape index (κ1) is 106. The third-order valence-electron chi connectivity index (χ3n) is 36.6. The molecule has 2 saturated heterocycles. The Morgan fingerprint density at radius 2 is 0.919 bits per heavy atom. The average molecular weight is 1890 g/mol. The number of carbonyl (C=O) groups is 6. The van der Waals surface area contributed by atoms with E-state index in [0.29, 0.717) is 109 Å². The predicted octanol–water partition coefficient (Wildman–Crippen LogP) is 14.5. The number of aliphatic hydroxyl groups is 6. The maximum atomic E-state index is 12.9. The molecule has 0 bridgehead atoms. The lowest BCUT2D eigenvalue weighted by molar-refractivity contribution is -0.138. The summed E-state index contributed by atoms with van der Waals surface area (Å²) in [4.78, 5) is 75.7. The van der Waals surface area contributed by atoms with Gasteiger partial charge in [0.2, 0.25) is 5.91 Å². The summed E-state index contributed by atoms with van der Waals surface area (Å²) in [5, 5.41) is 87.1. The summed E-state index contributed by atoms with van der Waals surface area (Å²) in [5.74, 6) is 1.69. The summed E-state index contributed by atoms with van der Waals surface area (Å²) in [7, 11) is 1.95. The van der Waals surface area contributed by atoms with Crippen molar-refractivity contribution < 1.29 is 101 Å². The molecule has 0 spiro atoms. The van der Waals surface area contributed by atoms with E-state index in [4.69, 9.17) is 29.4 Å². The predicted molar refractivity (Wildman–Crippen MR) is 509 cm³/mol. The number of aromatic nitrogens is 1. The number of hydrogen-bond acceptors (Lipinski definition) is 24. The number of nitrogens with one attached hydrogen (secondary N) is 4. The zero-order valence-electron chi connectivity index (χ0n) is 81.8. The van der Waals surface area contributed by atoms with E-state index in [0.717, 1.165) is 164 Å². The highest BCUT2D eigenvalue weighted by Crippen LogP contribution is 2.65. The van der Waals surface area contributed by atoms with Crippen LogP contribution >= 0.6 is 0 Å². The zero-order chi connectivity index (χ0) is 98.4. The Morgan fingerprint density at radius 1 is 0.526 bits per heavy atom. The minimum Gasteiger partial charge on any atom is -0.459 e. The van der Waals surface area contributed by atoms with Crippen molar-refractivity contribution >= 4 is 41.5 Å². The monoisotopic (exact) mass is 1880 g/mol. The summed E-state index contributed by atoms with van der Waals surface area (Å²) in [6, 6.07) is 2.86. The van der Waals surface area contributed by atoms with Crippen LogP contribution < -0.4 is 27.0 Å². The number of hydrogen-bond donors (Lipinski definition) is 12. The van der Waals surface area contributed by atoms with E-state index in [1.54, 1.807) is 18.3 Å². The number of ether oxygens (including phenoxy) is 5. The number of rotatable bonds is 23. The van der Waals surface area contributed by atoms with Gasteiger partial charge in [-0.15, -0.1) is 0 Å². The normalized spacial score (nSPS) is 39.3. The van der Waals surface area contributed by atoms with E-state index in [9.17, 15) is 77.8 Å². The number of alkyl halides is 3. The summed E-state index contributed by atoms with van der Waals surface area (Å²) in [5.41, 5.74) is 15.6. The highest BCUT2D eigenvalue weighted by atomic mass is 19.4. The molecule has 135 heavy (non-hydrogen) atoms. The third kappa shape index (κ3) is 23.0. The Kier molecular flexibility index (Phi) is 34.9. The number of amides is 1. The zero-order valence-corrected chi connectivity index (χ0v) is 81.8. The molecule has 748 valence electrons. The molecule has 1 aromatic rings. The lowest BCUT2D eigenvalue weighted by Gasteiger charge is -2.60. The van der Waals surface area contributed by atoms with Crippen molar-refractivity contribution in [2.45, 2.75) is 297 Å². The van der Waals surface area contributed by atoms with Gasteiger partial charge in [-0.1, -0.05) is 153 Å². The number of cyclic esters (lactones) is 5. The van der Waals surface area contributed by atoms with Gasteiger partial charge in [0.15, 0.2) is 0 Å². The van der Waals surface area contributed by atoms with Crippen molar-refractivity contribution in [2.75, 3.05) is 59.7 Å². The lowest BCUT2D eigenvalue weighted by Crippen LogP contribution is -2.58. The fourth-order valence-electron chi connectivity index (χ4n) is 28.6. The molecule has 1 aromatic heterocycles. The standard InChI is InChI=1S/C25H34N2O3.C21H30F3NO3.C21H31N3O4.C21H33NO4.C19H28O4/c1-16-6-7-20-17(2)23(28)8-10-25(20,3)21(16)13-22(19-9-12-30-24(19)29)27-15-18-5-4-11-26-14-18;1-12-4-5-15-13(2)18(26)6-8-20(15,3)16(12)10-17(25-11-21(22,23)24)14-7-9-28-19(14)27;1-12-4-5-15-13(2)17(24-27)6-8-21(15,3)16(12)10-18(23-11-19(22)25)14-7-9-28-20(14)26;1-13-5-8-17-20(2,10-9-18(24)21(17,3)12-22-4)15(13)7-6-14-16(23)11-26-19(14)25;1-11-4-6-15-12(2)16(20)8-9-19(15,3)14(11)7-5-13-17(21)10-23-18(13)22/h4-5,9,11,14,17,20-23,27-28H,1,6-8,10,12-13,15H2,2-3H3;7,13,15-18,25-26H,1,4-6,8-11H2,2-3H3;7,13,15-16,18,23,27H,1,4-6,8-11H2,2-3H3,(H2,22,25);6,15-18,22-24H,1,5,7-12H2,2-4H3;5,12,14-17,20-21H,1,4,6-10H2,2-3H3/b;;24-17-;14-6+;13-5+/t17-,20?,21-,22?,23?,25+;13-,15?,16-,17?,18?,20+;13-,15?,16-,18?,21+;15-,16-,17?,18-,20-,21+;12-,14-,15?,16?,17-,19-/m11111/s1. The van der Waals surface area contributed by atoms with Crippen molar-refractivity contribution in [3.05, 3.63) is 149 Å². The van der Waals surface area contributed by atoms with Crippen molar-refractivity contribution in [1.82, 2.24) is 26.3 Å². The maximum Gasteiger partial charge on any atom is 0.401 e. The number of nitrogens with two attached hydrogens (primary N) is 1. The molecule has 0 radical (unpaired) electrons. The van der Waals surface area contributed by atoms with Gasteiger partial charge in [0.25, 0.3) is 0 Å². The van der Waals surface area contributed by atoms with E-state index in [2.05, 4.69) is 134 Å². The van der Waals surface area contributed by atoms with Gasteiger partial charge in [0.05, 0.1) is 71.1 Å². The number of aliphatic hydroxyl groups excluding tert-OH is 6. The second kappa shape index (κ2) is 44.4. The molecule has 11 unspecified atom stereocenters. The van der Waals surface area contributed by atoms with Gasteiger partial charge in [-0.25, -0.2) is 24.0 Å². The Bertz CT molecular complexity index is 4700. The Hall–Kier alpha value is -7.77. The molecule has 1 amide bonds. The minimum atomic E-state index is -4.36. The maximum absolute atomic E-state index is 12.9. The molecular formula is C107H156F3N7O18. The Balaban J connectivity index is 0.000000152. The summed E-state index contributed by atoms with van der Waals surface area (Å²) in [6.07, 6.45) is 27.3. The SMILES string of the molecule is C=C1CCC2[C@@H](C)/C(=N\O)CC[C@]2(C)[C@@H]1CC(NCC(N)=O)C1=CCOC1=O.C=C1CCC2[C@@H](C)C(O)CC[C@]2(C)[C@@H]1C/C=C1/C(=O)OC[C@H]1O.C=C1CCC2[C@@H](C)C(O)CC[C@]2(C)[C@@H]1CC(NCC(F)(F)F)C1=CCOC1=O.C=C1CCC2[C@@H](C)C(O)CC[C@]2(C)[C@@H]1CC(NCc1cccnc1)C1=CCOC1=O.C=C1CCC2[C@](C)(CNC)[C@H](O)CC[C@]2(C)[C@@H]1C/C=C1/C(=O)OC[C@H]1O. The lowest BCUT2D eigenvalue weighted by atomic mass is 9.46. The molecule has 12 fully saturated rings. The van der Waals surface area contributed by atoms with Crippen LogP contribution in [0.4, 0.5) is 13.2 Å². The van der Waals surface area contributed by atoms with Crippen LogP contribution in [-0.2, 0) is 59.0 Å². The second-order valence-electron chi connectivity index (χ2n) is 43.9. The minimum absolute atomic E-state index is 0.00133. The van der Waals surface area contributed by atoms with Crippen molar-refractivity contribution in [3.63, 3.8) is 0 Å². The number of primary amides is 1. The molecule has 13 N–H and O–H groups in total. The number of pyridine rings is 1. The van der Waals surface area contributed by atoms with Gasteiger partial charge < -0.3 is 86.5 Å². The van der Waals surface area contributed by atoms with Crippen LogP contribution in [0.5, 0.6) is 0 Å². The number of carbonyl (C=O) groups excluding carboxylic acids is 6. The number of halogens is 3. The second-order valence-corrected chi connectivity index (χ2v) is 43.9. The molecule has 5 aliphatic heterocycles. The van der Waals surface area contributed by atoms with Crippen LogP contribution in [0.2, 0.25) is 0 Å². The van der Waals surface area contributed by atoms with Crippen LogP contribution in [0, 0.1) is 115 Å². The Morgan fingerprint density at radius 3 is 1.30 bits per heavy atom. The smallest absolute Gasteiger partial charge is 0.401 e. The highest BCUT2D eigenvalue weighted by molar-refractivity contribution is 5.94. The van der Waals surface area contributed by atoms with E-state index in [1.165, 1.54) is 22.3 Å². The number of allylic oxidation sites excluding steroid dienone is 7. The average Bonchev–Trinajstić information content (AvgIpc) is 0.913. The molecular weight excluding hydrogens is 1730 g/mol. The molecule has 28 heteroatoms. The Labute approximate surface area is 797 Å². The first-order chi connectivity index (χ1) is 63.8. The van der Waals surface area contributed by atoms with E-state index in [-0.39, 0.29) is 149 Å². The van der Waals surface area contributed by atoms with E-state index >= 15 is 0 Å². The van der Waals surface area contributed by atoms with Gasteiger partial charge >= 0.3 is 36.0 Å². The first-order valence-electron chi connectivity index (χ1n) is 49.9. The third-order valence-corrected chi connectivity index (χ3v) is 36.6. The van der Waals surface area contributed by atoms with Crippen LogP contribution in [0.1, 0.15) is 235 Å². The molecule has 29 atom stereocenters. The van der Waals surface area contributed by atoms with Gasteiger partial charge in [0.1, 0.15) is 45.2 Å². The van der Waals surface area contributed by atoms with Gasteiger partial charge in [0, 0.05) is 54.9 Å². The van der Waals surface area contributed by atoms with E-state index in [1.807, 2.05) is 43.6 Å². The highest BCUT2D eigenvalue weighted by Gasteiger charge is 2.60. The van der Waals surface area contributed by atoms with Gasteiger partial charge in [-0.2, -0.15) is 13.2 Å². The summed E-state index contributed by atoms with van der Waals surface area (Å²) in [6.45, 7) is 45.1. The first-order valence-corrected chi connectivity index (χ1v) is 49.9. The molecule has 25 nitrogen and oxygen atoms in total. The van der Waals surface area contributed by atoms with Crippen molar-refractivity contribution in [2.24, 2.45) is 126 Å². The molecule has 6 heterocycles. The number of esters is 5. The van der Waals surface area contributed by atoms with Crippen LogP contribution in [0.15, 0.2) is 149 Å². The van der Waals surface area contributed by atoms with Crippen LogP contribution in [-0.4, -0.2) is 203 Å². The molecule has 15 aliphatic rings. The molecule has 10 saturated carbocycles. The fourth-order valence-corrected chi connectivity index (χ4v) is 28.6. The molecule has 16 rings (SSSR count). The summed E-state index contributed by atoms with van der Waals surface area (Å²) >= 11 is 0.